The normalized spacial score (nSPS) is 10.8. The first-order chi connectivity index (χ1) is 12.2. The molecular formula is C19H16N4OS. The van der Waals surface area contributed by atoms with Gasteiger partial charge in [0, 0.05) is 22.8 Å². The van der Waals surface area contributed by atoms with E-state index in [1.165, 1.54) is 4.88 Å². The molecule has 0 radical (unpaired) electrons. The van der Waals surface area contributed by atoms with Crippen LogP contribution in [0.25, 0.3) is 21.6 Å². The third-order valence-corrected chi connectivity index (χ3v) is 4.74. The van der Waals surface area contributed by atoms with Crippen molar-refractivity contribution in [2.75, 3.05) is 12.4 Å². The molecule has 25 heavy (non-hydrogen) atoms. The van der Waals surface area contributed by atoms with E-state index < -0.39 is 0 Å². The number of pyridine rings is 1. The lowest BCUT2D eigenvalue weighted by atomic mass is 10.2. The fraction of sp³-hybridized carbons (Fsp3) is 0.105. The predicted octanol–water partition coefficient (Wildman–Crippen LogP) is 4.81. The van der Waals surface area contributed by atoms with Crippen LogP contribution in [-0.2, 0) is 0 Å². The van der Waals surface area contributed by atoms with Crippen molar-refractivity contribution in [2.45, 2.75) is 6.92 Å². The van der Waals surface area contributed by atoms with Gasteiger partial charge in [0.1, 0.15) is 16.4 Å². The average molecular weight is 348 g/mol. The van der Waals surface area contributed by atoms with Crippen molar-refractivity contribution in [3.8, 4) is 17.1 Å². The summed E-state index contributed by atoms with van der Waals surface area (Å²) < 4.78 is 5.44. The molecule has 1 N–H and O–H groups in total. The summed E-state index contributed by atoms with van der Waals surface area (Å²) in [6.45, 7) is 2.07. The number of anilines is 2. The quantitative estimate of drug-likeness (QED) is 0.573. The van der Waals surface area contributed by atoms with Gasteiger partial charge in [-0.05, 0) is 37.3 Å². The highest BCUT2D eigenvalue weighted by Crippen LogP contribution is 2.34. The minimum atomic E-state index is 0.653. The number of nitrogens with one attached hydrogen (secondary N) is 1. The maximum Gasteiger partial charge on any atom is 0.164 e. The maximum atomic E-state index is 5.44. The van der Waals surface area contributed by atoms with Crippen molar-refractivity contribution in [3.63, 3.8) is 0 Å². The molecule has 3 heterocycles. The Balaban J connectivity index is 1.87. The first-order valence-corrected chi connectivity index (χ1v) is 8.65. The second kappa shape index (κ2) is 6.49. The second-order valence-electron chi connectivity index (χ2n) is 5.54. The van der Waals surface area contributed by atoms with Gasteiger partial charge in [0.15, 0.2) is 5.82 Å². The van der Waals surface area contributed by atoms with E-state index in [4.69, 9.17) is 14.7 Å². The number of para-hydroxylation sites is 2. The summed E-state index contributed by atoms with van der Waals surface area (Å²) in [5.41, 5.74) is 1.75. The summed E-state index contributed by atoms with van der Waals surface area (Å²) >= 11 is 1.65. The van der Waals surface area contributed by atoms with Gasteiger partial charge in [-0.2, -0.15) is 0 Å². The summed E-state index contributed by atoms with van der Waals surface area (Å²) in [6.07, 6.45) is 3.51. The van der Waals surface area contributed by atoms with Crippen molar-refractivity contribution < 1.29 is 4.74 Å². The van der Waals surface area contributed by atoms with Gasteiger partial charge < -0.3 is 10.1 Å². The van der Waals surface area contributed by atoms with E-state index in [1.807, 2.05) is 36.4 Å². The molecule has 4 aromatic rings. The molecule has 4 rings (SSSR count). The lowest BCUT2D eigenvalue weighted by molar-refractivity contribution is 0.417. The molecule has 0 aliphatic heterocycles. The zero-order valence-electron chi connectivity index (χ0n) is 13.9. The highest BCUT2D eigenvalue weighted by atomic mass is 32.1. The van der Waals surface area contributed by atoms with Crippen LogP contribution in [0.3, 0.4) is 0 Å². The van der Waals surface area contributed by atoms with Crippen LogP contribution in [0.5, 0.6) is 5.75 Å². The molecular weight excluding hydrogens is 332 g/mol. The number of rotatable bonds is 4. The molecule has 0 aliphatic rings. The van der Waals surface area contributed by atoms with Gasteiger partial charge >= 0.3 is 0 Å². The monoisotopic (exact) mass is 348 g/mol. The maximum absolute atomic E-state index is 5.44. The first-order valence-electron chi connectivity index (χ1n) is 7.83. The van der Waals surface area contributed by atoms with Crippen LogP contribution in [0, 0.1) is 6.92 Å². The standard InChI is InChI=1S/C19H16N4OS/c1-12-10-14-18(21-15-7-3-4-8-16(15)24-2)22-17(23-19(14)25-12)13-6-5-9-20-11-13/h3-11H,1-2H3,(H,21,22,23). The Morgan fingerprint density at radius 2 is 1.96 bits per heavy atom. The second-order valence-corrected chi connectivity index (χ2v) is 6.77. The number of hydrogen-bond donors (Lipinski definition) is 1. The molecule has 0 saturated carbocycles. The Labute approximate surface area is 149 Å². The molecule has 3 aromatic heterocycles. The molecule has 0 amide bonds. The summed E-state index contributed by atoms with van der Waals surface area (Å²) in [7, 11) is 1.66. The third kappa shape index (κ3) is 3.04. The lowest BCUT2D eigenvalue weighted by Gasteiger charge is -2.12. The SMILES string of the molecule is COc1ccccc1Nc1nc(-c2cccnc2)nc2sc(C)cc12. The molecule has 0 saturated heterocycles. The van der Waals surface area contributed by atoms with Gasteiger partial charge in [0.2, 0.25) is 0 Å². The first kappa shape index (κ1) is 15.5. The van der Waals surface area contributed by atoms with E-state index in [9.17, 15) is 0 Å². The van der Waals surface area contributed by atoms with E-state index in [0.29, 0.717) is 5.82 Å². The van der Waals surface area contributed by atoms with E-state index in [0.717, 1.165) is 33.0 Å². The molecule has 0 atom stereocenters. The van der Waals surface area contributed by atoms with Gasteiger partial charge in [-0.15, -0.1) is 11.3 Å². The van der Waals surface area contributed by atoms with Crippen molar-refractivity contribution in [1.29, 1.82) is 0 Å². The number of ether oxygens (including phenoxy) is 1. The van der Waals surface area contributed by atoms with E-state index in [1.54, 1.807) is 30.8 Å². The smallest absolute Gasteiger partial charge is 0.164 e. The van der Waals surface area contributed by atoms with Gasteiger partial charge in [-0.3, -0.25) is 4.98 Å². The van der Waals surface area contributed by atoms with Crippen LogP contribution in [0.4, 0.5) is 11.5 Å². The van der Waals surface area contributed by atoms with E-state index in [2.05, 4.69) is 23.3 Å². The average Bonchev–Trinajstić information content (AvgIpc) is 3.03. The zero-order chi connectivity index (χ0) is 17.2. The molecule has 0 unspecified atom stereocenters. The fourth-order valence-electron chi connectivity index (χ4n) is 2.64. The zero-order valence-corrected chi connectivity index (χ0v) is 14.7. The molecule has 124 valence electrons. The van der Waals surface area contributed by atoms with Crippen LogP contribution < -0.4 is 10.1 Å². The summed E-state index contributed by atoms with van der Waals surface area (Å²) in [5, 5.41) is 4.40. The van der Waals surface area contributed by atoms with Crippen LogP contribution in [0.1, 0.15) is 4.88 Å². The highest BCUT2D eigenvalue weighted by Gasteiger charge is 2.13. The van der Waals surface area contributed by atoms with Crippen LogP contribution >= 0.6 is 11.3 Å². The minimum Gasteiger partial charge on any atom is -0.495 e. The van der Waals surface area contributed by atoms with E-state index in [-0.39, 0.29) is 0 Å². The van der Waals surface area contributed by atoms with Crippen molar-refractivity contribution in [3.05, 3.63) is 59.7 Å². The Kier molecular flexibility index (Phi) is 4.03. The topological polar surface area (TPSA) is 59.9 Å². The summed E-state index contributed by atoms with van der Waals surface area (Å²) in [4.78, 5) is 15.8. The number of nitrogens with zero attached hydrogens (tertiary/aromatic N) is 3. The number of fused-ring (bicyclic) bond motifs is 1. The Hall–Kier alpha value is -2.99. The molecule has 0 bridgehead atoms. The fourth-order valence-corrected chi connectivity index (χ4v) is 3.52. The molecule has 5 nitrogen and oxygen atoms in total. The molecule has 1 aromatic carbocycles. The van der Waals surface area contributed by atoms with Crippen LogP contribution in [-0.4, -0.2) is 22.1 Å². The third-order valence-electron chi connectivity index (χ3n) is 3.80. The van der Waals surface area contributed by atoms with Crippen molar-refractivity contribution >= 4 is 33.1 Å². The lowest BCUT2D eigenvalue weighted by Crippen LogP contribution is -1.99. The summed E-state index contributed by atoms with van der Waals surface area (Å²) in [5.74, 6) is 2.18. The molecule has 0 aliphatic carbocycles. The number of aryl methyl sites for hydroxylation is 1. The number of aromatic nitrogens is 3. The van der Waals surface area contributed by atoms with Gasteiger partial charge in [-0.1, -0.05) is 12.1 Å². The van der Waals surface area contributed by atoms with Crippen molar-refractivity contribution in [1.82, 2.24) is 15.0 Å². The van der Waals surface area contributed by atoms with Gasteiger partial charge in [0.25, 0.3) is 0 Å². The Morgan fingerprint density at radius 1 is 1.08 bits per heavy atom. The largest absolute Gasteiger partial charge is 0.495 e. The van der Waals surface area contributed by atoms with Gasteiger partial charge in [0.05, 0.1) is 18.2 Å². The summed E-state index contributed by atoms with van der Waals surface area (Å²) in [6, 6.07) is 13.7. The number of hydrogen-bond acceptors (Lipinski definition) is 6. The number of thiophene rings is 1. The molecule has 0 spiro atoms. The van der Waals surface area contributed by atoms with Crippen molar-refractivity contribution in [2.24, 2.45) is 0 Å². The minimum absolute atomic E-state index is 0.653. The van der Waals surface area contributed by atoms with E-state index >= 15 is 0 Å². The van der Waals surface area contributed by atoms with Gasteiger partial charge in [-0.25, -0.2) is 9.97 Å². The molecule has 0 fully saturated rings. The Bertz CT molecular complexity index is 1030. The van der Waals surface area contributed by atoms with Crippen LogP contribution in [0.2, 0.25) is 0 Å². The van der Waals surface area contributed by atoms with Crippen LogP contribution in [0.15, 0.2) is 54.9 Å². The number of benzene rings is 1. The molecule has 6 heteroatoms. The highest BCUT2D eigenvalue weighted by molar-refractivity contribution is 7.18. The Morgan fingerprint density at radius 3 is 2.76 bits per heavy atom. The number of methoxy groups -OCH3 is 1. The predicted molar refractivity (Wildman–Crippen MR) is 102 cm³/mol.